The van der Waals surface area contributed by atoms with E-state index in [1.165, 1.54) is 7.11 Å². The lowest BCUT2D eigenvalue weighted by Gasteiger charge is -2.14. The Labute approximate surface area is 117 Å². The summed E-state index contributed by atoms with van der Waals surface area (Å²) in [5.41, 5.74) is 6.47. The number of hydrogen-bond donors (Lipinski definition) is 3. The number of ether oxygens (including phenoxy) is 1. The predicted octanol–water partition coefficient (Wildman–Crippen LogP) is 1.51. The summed E-state index contributed by atoms with van der Waals surface area (Å²) in [6.07, 6.45) is 0.722. The van der Waals surface area contributed by atoms with Crippen LogP contribution in [0.4, 0.5) is 5.69 Å². The van der Waals surface area contributed by atoms with Crippen LogP contribution in [0.2, 0.25) is 0 Å². The fraction of sp³-hybridized carbons (Fsp3) is 0.429. The maximum Gasteiger partial charge on any atom is 0.303 e. The molecule has 1 rings (SSSR count). The maximum atomic E-state index is 12.0. The van der Waals surface area contributed by atoms with E-state index in [-0.39, 0.29) is 18.2 Å². The van der Waals surface area contributed by atoms with Gasteiger partial charge in [0, 0.05) is 24.7 Å². The van der Waals surface area contributed by atoms with Crippen molar-refractivity contribution >= 4 is 17.6 Å². The van der Waals surface area contributed by atoms with Crippen LogP contribution in [0.15, 0.2) is 18.2 Å². The molecule has 0 fully saturated rings. The van der Waals surface area contributed by atoms with Crippen molar-refractivity contribution < 1.29 is 19.4 Å². The molecule has 0 aliphatic heterocycles. The first-order valence-corrected chi connectivity index (χ1v) is 6.41. The fourth-order valence-corrected chi connectivity index (χ4v) is 1.81. The molecule has 20 heavy (non-hydrogen) atoms. The zero-order chi connectivity index (χ0) is 15.1. The van der Waals surface area contributed by atoms with Crippen molar-refractivity contribution in [3.63, 3.8) is 0 Å². The summed E-state index contributed by atoms with van der Waals surface area (Å²) in [5, 5.41) is 11.5. The number of carboxylic acids is 1. The van der Waals surface area contributed by atoms with Gasteiger partial charge >= 0.3 is 5.97 Å². The van der Waals surface area contributed by atoms with Crippen molar-refractivity contribution in [2.75, 3.05) is 19.4 Å². The third-order valence-electron chi connectivity index (χ3n) is 3.10. The van der Waals surface area contributed by atoms with Gasteiger partial charge in [-0.2, -0.15) is 0 Å². The average molecular weight is 280 g/mol. The summed E-state index contributed by atoms with van der Waals surface area (Å²) in [6.45, 7) is 2.20. The van der Waals surface area contributed by atoms with Crippen LogP contribution >= 0.6 is 0 Å². The van der Waals surface area contributed by atoms with Crippen LogP contribution in [0.1, 0.15) is 30.1 Å². The molecule has 110 valence electrons. The molecule has 0 aliphatic rings. The summed E-state index contributed by atoms with van der Waals surface area (Å²) < 4.78 is 5.01. The summed E-state index contributed by atoms with van der Waals surface area (Å²) in [7, 11) is 1.52. The lowest BCUT2D eigenvalue weighted by Crippen LogP contribution is -2.30. The molecule has 0 bridgehead atoms. The largest absolute Gasteiger partial charge is 0.497 e. The molecule has 0 aromatic heterocycles. The molecule has 1 aromatic rings. The van der Waals surface area contributed by atoms with Crippen molar-refractivity contribution in [3.05, 3.63) is 23.8 Å². The first kappa shape index (κ1) is 15.8. The molecule has 4 N–H and O–H groups in total. The SMILES string of the molecule is CCC(CNC(=O)c1ccc(OC)cc1N)CC(=O)O. The number of carbonyl (C=O) groups is 2. The number of carbonyl (C=O) groups excluding carboxylic acids is 1. The number of benzene rings is 1. The molecule has 0 saturated heterocycles. The zero-order valence-corrected chi connectivity index (χ0v) is 11.7. The van der Waals surface area contributed by atoms with Gasteiger partial charge in [-0.25, -0.2) is 0 Å². The molecular formula is C14H20N2O4. The number of hydrogen-bond acceptors (Lipinski definition) is 4. The van der Waals surface area contributed by atoms with Gasteiger partial charge in [0.15, 0.2) is 0 Å². The molecule has 1 amide bonds. The number of carboxylic acid groups (broad SMARTS) is 1. The second kappa shape index (κ2) is 7.37. The van der Waals surface area contributed by atoms with E-state index in [1.807, 2.05) is 6.92 Å². The van der Waals surface area contributed by atoms with Gasteiger partial charge < -0.3 is 20.9 Å². The average Bonchev–Trinajstić information content (AvgIpc) is 2.42. The van der Waals surface area contributed by atoms with E-state index >= 15 is 0 Å². The van der Waals surface area contributed by atoms with Crippen molar-refractivity contribution in [2.45, 2.75) is 19.8 Å². The second-order valence-electron chi connectivity index (χ2n) is 4.54. The Bertz CT molecular complexity index is 488. The Balaban J connectivity index is 2.64. The Morgan fingerprint density at radius 1 is 1.45 bits per heavy atom. The number of methoxy groups -OCH3 is 1. The third-order valence-corrected chi connectivity index (χ3v) is 3.10. The maximum absolute atomic E-state index is 12.0. The molecule has 0 saturated carbocycles. The van der Waals surface area contributed by atoms with Gasteiger partial charge in [0.1, 0.15) is 5.75 Å². The molecule has 6 heteroatoms. The molecule has 0 spiro atoms. The van der Waals surface area contributed by atoms with Crippen molar-refractivity contribution in [1.82, 2.24) is 5.32 Å². The van der Waals surface area contributed by atoms with Crippen LogP contribution in [-0.4, -0.2) is 30.6 Å². The highest BCUT2D eigenvalue weighted by Gasteiger charge is 2.15. The highest BCUT2D eigenvalue weighted by Crippen LogP contribution is 2.19. The quantitative estimate of drug-likeness (QED) is 0.657. The van der Waals surface area contributed by atoms with Crippen LogP contribution in [0, 0.1) is 5.92 Å². The normalized spacial score (nSPS) is 11.7. The molecule has 0 radical (unpaired) electrons. The van der Waals surface area contributed by atoms with Gasteiger partial charge in [-0.1, -0.05) is 13.3 Å². The topological polar surface area (TPSA) is 102 Å². The predicted molar refractivity (Wildman–Crippen MR) is 75.8 cm³/mol. The Morgan fingerprint density at radius 3 is 2.65 bits per heavy atom. The van der Waals surface area contributed by atoms with Crippen LogP contribution in [-0.2, 0) is 4.79 Å². The second-order valence-corrected chi connectivity index (χ2v) is 4.54. The zero-order valence-electron chi connectivity index (χ0n) is 11.7. The van der Waals surface area contributed by atoms with Gasteiger partial charge in [0.05, 0.1) is 12.7 Å². The summed E-state index contributed by atoms with van der Waals surface area (Å²) in [6, 6.07) is 4.81. The van der Waals surface area contributed by atoms with Crippen molar-refractivity contribution in [2.24, 2.45) is 5.92 Å². The van der Waals surface area contributed by atoms with Crippen LogP contribution in [0.25, 0.3) is 0 Å². The first-order valence-electron chi connectivity index (χ1n) is 6.41. The lowest BCUT2D eigenvalue weighted by atomic mass is 10.0. The van der Waals surface area contributed by atoms with Gasteiger partial charge in [0.25, 0.3) is 5.91 Å². The lowest BCUT2D eigenvalue weighted by molar-refractivity contribution is -0.138. The number of nitrogens with two attached hydrogens (primary N) is 1. The molecule has 6 nitrogen and oxygen atoms in total. The third kappa shape index (κ3) is 4.46. The summed E-state index contributed by atoms with van der Waals surface area (Å²) >= 11 is 0. The number of amides is 1. The Morgan fingerprint density at radius 2 is 2.15 bits per heavy atom. The van der Waals surface area contributed by atoms with E-state index in [2.05, 4.69) is 5.32 Å². The van der Waals surface area contributed by atoms with Crippen molar-refractivity contribution in [3.8, 4) is 5.75 Å². The van der Waals surface area contributed by atoms with Crippen LogP contribution < -0.4 is 15.8 Å². The highest BCUT2D eigenvalue weighted by molar-refractivity contribution is 5.99. The minimum Gasteiger partial charge on any atom is -0.497 e. The number of nitrogens with one attached hydrogen (secondary N) is 1. The summed E-state index contributed by atoms with van der Waals surface area (Å²) in [5.74, 6) is -0.684. The number of nitrogen functional groups attached to an aromatic ring is 1. The van der Waals surface area contributed by atoms with Crippen LogP contribution in [0.3, 0.4) is 0 Å². The minimum absolute atomic E-state index is 0.0366. The van der Waals surface area contributed by atoms with Gasteiger partial charge in [-0.3, -0.25) is 9.59 Å². The van der Waals surface area contributed by atoms with E-state index in [0.717, 1.165) is 0 Å². The molecular weight excluding hydrogens is 260 g/mol. The van der Waals surface area contributed by atoms with E-state index in [9.17, 15) is 9.59 Å². The number of aliphatic carboxylic acids is 1. The monoisotopic (exact) mass is 280 g/mol. The van der Waals surface area contributed by atoms with Gasteiger partial charge in [0.2, 0.25) is 0 Å². The van der Waals surface area contributed by atoms with Crippen LogP contribution in [0.5, 0.6) is 5.75 Å². The van der Waals surface area contributed by atoms with E-state index in [4.69, 9.17) is 15.6 Å². The fourth-order valence-electron chi connectivity index (χ4n) is 1.81. The number of rotatable bonds is 7. The van der Waals surface area contributed by atoms with E-state index in [1.54, 1.807) is 18.2 Å². The smallest absolute Gasteiger partial charge is 0.303 e. The number of anilines is 1. The molecule has 1 atom stereocenters. The van der Waals surface area contributed by atoms with Crippen molar-refractivity contribution in [1.29, 1.82) is 0 Å². The van der Waals surface area contributed by atoms with E-state index in [0.29, 0.717) is 30.0 Å². The molecule has 1 unspecified atom stereocenters. The molecule has 0 aliphatic carbocycles. The van der Waals surface area contributed by atoms with E-state index < -0.39 is 5.97 Å². The summed E-state index contributed by atoms with van der Waals surface area (Å²) in [4.78, 5) is 22.7. The first-order chi connectivity index (χ1) is 9.47. The Hall–Kier alpha value is -2.24. The van der Waals surface area contributed by atoms with Gasteiger partial charge in [-0.15, -0.1) is 0 Å². The molecule has 0 heterocycles. The highest BCUT2D eigenvalue weighted by atomic mass is 16.5. The minimum atomic E-state index is -0.866. The standard InChI is InChI=1S/C14H20N2O4/c1-3-9(6-13(17)18)8-16-14(19)11-5-4-10(20-2)7-12(11)15/h4-5,7,9H,3,6,8,15H2,1-2H3,(H,16,19)(H,17,18). The van der Waals surface area contributed by atoms with Gasteiger partial charge in [-0.05, 0) is 18.1 Å². The molecule has 1 aromatic carbocycles. The Kier molecular flexibility index (Phi) is 5.83.